The van der Waals surface area contributed by atoms with Crippen LogP contribution < -0.4 is 15.4 Å². The standard InChI is InChI=1S/C32H46N4O6/c1-12-26(37)36(34(10)11)25-15-13-14-23(20-25)27(21(2)3)28(38)35(33-30(40)42-32(7,8)9)24-18-16-22(17-19-24)29(39)41-31(4,5)6/h13-21,27H,12H2,1-11H3,(H,33,40)/t27-/m0/s1. The lowest BCUT2D eigenvalue weighted by atomic mass is 9.87. The Morgan fingerprint density at radius 1 is 0.833 bits per heavy atom. The van der Waals surface area contributed by atoms with E-state index in [1.165, 1.54) is 12.1 Å². The second-order valence-electron chi connectivity index (χ2n) is 12.6. The third kappa shape index (κ3) is 9.58. The Balaban J connectivity index is 2.56. The topological polar surface area (TPSA) is 108 Å². The van der Waals surface area contributed by atoms with Gasteiger partial charge in [0, 0.05) is 20.5 Å². The Bertz CT molecular complexity index is 1260. The van der Waals surface area contributed by atoms with Crippen molar-refractivity contribution >= 4 is 35.3 Å². The van der Waals surface area contributed by atoms with Crippen LogP contribution in [0.1, 0.15) is 90.6 Å². The van der Waals surface area contributed by atoms with E-state index in [0.717, 1.165) is 5.01 Å². The highest BCUT2D eigenvalue weighted by molar-refractivity contribution is 6.00. The molecule has 0 aromatic heterocycles. The third-order valence-electron chi connectivity index (χ3n) is 5.93. The summed E-state index contributed by atoms with van der Waals surface area (Å²) < 4.78 is 10.9. The summed E-state index contributed by atoms with van der Waals surface area (Å²) in [5, 5.41) is 4.39. The van der Waals surface area contributed by atoms with Gasteiger partial charge < -0.3 is 9.47 Å². The van der Waals surface area contributed by atoms with E-state index in [4.69, 9.17) is 9.47 Å². The van der Waals surface area contributed by atoms with Crippen LogP contribution in [0, 0.1) is 5.92 Å². The first-order chi connectivity index (χ1) is 19.3. The summed E-state index contributed by atoms with van der Waals surface area (Å²) in [6.45, 7) is 16.1. The first-order valence-corrected chi connectivity index (χ1v) is 14.1. The zero-order valence-electron chi connectivity index (χ0n) is 26.8. The number of hydrogen-bond acceptors (Lipinski definition) is 7. The average molecular weight is 583 g/mol. The number of nitrogens with zero attached hydrogens (tertiary/aromatic N) is 3. The van der Waals surface area contributed by atoms with Crippen molar-refractivity contribution in [2.75, 3.05) is 24.1 Å². The Hall–Kier alpha value is -3.92. The minimum atomic E-state index is -0.810. The highest BCUT2D eigenvalue weighted by Gasteiger charge is 2.33. The lowest BCUT2D eigenvalue weighted by Crippen LogP contribution is -2.50. The monoisotopic (exact) mass is 582 g/mol. The van der Waals surface area contributed by atoms with Crippen molar-refractivity contribution in [1.82, 2.24) is 10.4 Å². The molecule has 0 fully saturated rings. The van der Waals surface area contributed by atoms with Crippen LogP contribution in [-0.2, 0) is 19.1 Å². The molecule has 0 bridgehead atoms. The zero-order chi connectivity index (χ0) is 32.0. The van der Waals surface area contributed by atoms with Gasteiger partial charge in [-0.15, -0.1) is 0 Å². The van der Waals surface area contributed by atoms with Crippen LogP contribution in [0.5, 0.6) is 0 Å². The molecule has 0 aliphatic rings. The molecule has 0 spiro atoms. The predicted molar refractivity (Wildman–Crippen MR) is 164 cm³/mol. The number of carbonyl (C=O) groups is 4. The number of anilines is 2. The molecule has 0 saturated carbocycles. The molecule has 0 saturated heterocycles. The smallest absolute Gasteiger partial charge is 0.427 e. The summed E-state index contributed by atoms with van der Waals surface area (Å²) in [5.41, 5.74) is 3.06. The van der Waals surface area contributed by atoms with Gasteiger partial charge in [0.05, 0.1) is 22.9 Å². The van der Waals surface area contributed by atoms with E-state index >= 15 is 0 Å². The van der Waals surface area contributed by atoms with Crippen molar-refractivity contribution in [2.24, 2.45) is 5.92 Å². The van der Waals surface area contributed by atoms with Crippen LogP contribution in [0.4, 0.5) is 16.2 Å². The molecule has 2 aromatic carbocycles. The molecule has 1 atom stereocenters. The van der Waals surface area contributed by atoms with Gasteiger partial charge in [-0.2, -0.15) is 0 Å². The van der Waals surface area contributed by atoms with Crippen LogP contribution in [0.3, 0.4) is 0 Å². The SMILES string of the molecule is CCC(=O)N(c1cccc([C@@H](C(=O)N(NC(=O)OC(C)(C)C)c2ccc(C(=O)OC(C)(C)C)cc2)C(C)C)c1)N(C)C. The lowest BCUT2D eigenvalue weighted by Gasteiger charge is -2.32. The minimum absolute atomic E-state index is 0.0946. The van der Waals surface area contributed by atoms with Gasteiger partial charge in [-0.1, -0.05) is 32.9 Å². The molecule has 42 heavy (non-hydrogen) atoms. The number of esters is 1. The maximum absolute atomic E-state index is 14.3. The minimum Gasteiger partial charge on any atom is -0.456 e. The fourth-order valence-electron chi connectivity index (χ4n) is 4.27. The van der Waals surface area contributed by atoms with E-state index in [0.29, 0.717) is 28.9 Å². The molecule has 0 aliphatic heterocycles. The van der Waals surface area contributed by atoms with Crippen molar-refractivity contribution < 1.29 is 28.7 Å². The largest absolute Gasteiger partial charge is 0.456 e. The molecule has 230 valence electrons. The van der Waals surface area contributed by atoms with E-state index < -0.39 is 35.1 Å². The molecule has 0 aliphatic carbocycles. The quantitative estimate of drug-likeness (QED) is 0.297. The summed E-state index contributed by atoms with van der Waals surface area (Å²) in [5.74, 6) is -1.91. The second-order valence-corrected chi connectivity index (χ2v) is 12.6. The Morgan fingerprint density at radius 2 is 1.40 bits per heavy atom. The molecule has 0 radical (unpaired) electrons. The summed E-state index contributed by atoms with van der Waals surface area (Å²) in [7, 11) is 3.55. The molecule has 2 rings (SSSR count). The number of hydrogen-bond donors (Lipinski definition) is 1. The maximum Gasteiger partial charge on any atom is 0.427 e. The summed E-state index contributed by atoms with van der Waals surface area (Å²) in [4.78, 5) is 52.4. The maximum atomic E-state index is 14.3. The molecule has 1 N–H and O–H groups in total. The number of benzene rings is 2. The molecule has 2 aromatic rings. The molecular weight excluding hydrogens is 536 g/mol. The first kappa shape index (κ1) is 34.3. The van der Waals surface area contributed by atoms with Gasteiger partial charge in [0.15, 0.2) is 0 Å². The number of rotatable bonds is 8. The Kier molecular flexibility index (Phi) is 11.3. The van der Waals surface area contributed by atoms with Crippen molar-refractivity contribution in [3.63, 3.8) is 0 Å². The van der Waals surface area contributed by atoms with Gasteiger partial charge in [0.1, 0.15) is 11.2 Å². The van der Waals surface area contributed by atoms with Crippen molar-refractivity contribution in [3.8, 4) is 0 Å². The third-order valence-corrected chi connectivity index (χ3v) is 5.93. The molecule has 3 amide bonds. The van der Waals surface area contributed by atoms with Crippen LogP contribution in [-0.4, -0.2) is 54.2 Å². The molecule has 10 heteroatoms. The molecule has 10 nitrogen and oxygen atoms in total. The molecule has 0 heterocycles. The van der Waals surface area contributed by atoms with Crippen LogP contribution >= 0.6 is 0 Å². The molecule has 0 unspecified atom stereocenters. The number of carbonyl (C=O) groups excluding carboxylic acids is 4. The first-order valence-electron chi connectivity index (χ1n) is 14.1. The highest BCUT2D eigenvalue weighted by Crippen LogP contribution is 2.32. The van der Waals surface area contributed by atoms with Crippen LogP contribution in [0.15, 0.2) is 48.5 Å². The fraction of sp³-hybridized carbons (Fsp3) is 0.500. The number of hydrazine groups is 2. The van der Waals surface area contributed by atoms with Gasteiger partial charge in [0.2, 0.25) is 5.91 Å². The van der Waals surface area contributed by atoms with Gasteiger partial charge in [-0.05, 0) is 89.4 Å². The number of nitrogens with one attached hydrogen (secondary N) is 1. The summed E-state index contributed by atoms with van der Waals surface area (Å²) >= 11 is 0. The van der Waals surface area contributed by atoms with E-state index in [2.05, 4.69) is 5.43 Å². The average Bonchev–Trinajstić information content (AvgIpc) is 2.85. The second kappa shape index (κ2) is 13.8. The lowest BCUT2D eigenvalue weighted by molar-refractivity contribution is -0.122. The van der Waals surface area contributed by atoms with E-state index in [1.54, 1.807) is 90.8 Å². The normalized spacial score (nSPS) is 12.5. The summed E-state index contributed by atoms with van der Waals surface area (Å²) in [6, 6.07) is 13.5. The van der Waals surface area contributed by atoms with Gasteiger partial charge in [-0.25, -0.2) is 30.0 Å². The van der Waals surface area contributed by atoms with E-state index in [-0.39, 0.29) is 11.8 Å². The highest BCUT2D eigenvalue weighted by atomic mass is 16.6. The Morgan fingerprint density at radius 3 is 1.88 bits per heavy atom. The van der Waals surface area contributed by atoms with E-state index in [9.17, 15) is 19.2 Å². The van der Waals surface area contributed by atoms with Crippen molar-refractivity contribution in [2.45, 2.75) is 85.9 Å². The number of amides is 3. The van der Waals surface area contributed by atoms with Crippen molar-refractivity contribution in [1.29, 1.82) is 0 Å². The van der Waals surface area contributed by atoms with E-state index in [1.807, 2.05) is 32.0 Å². The Labute approximate surface area is 249 Å². The van der Waals surface area contributed by atoms with Crippen molar-refractivity contribution in [3.05, 3.63) is 59.7 Å². The van der Waals surface area contributed by atoms with Gasteiger partial charge >= 0.3 is 12.1 Å². The van der Waals surface area contributed by atoms with Gasteiger partial charge in [0.25, 0.3) is 5.91 Å². The number of ether oxygens (including phenoxy) is 2. The summed E-state index contributed by atoms with van der Waals surface area (Å²) in [6.07, 6.45) is -0.502. The zero-order valence-corrected chi connectivity index (χ0v) is 26.8. The van der Waals surface area contributed by atoms with Crippen LogP contribution in [0.25, 0.3) is 0 Å². The predicted octanol–water partition coefficient (Wildman–Crippen LogP) is 6.07. The van der Waals surface area contributed by atoms with Crippen LogP contribution in [0.2, 0.25) is 0 Å². The molecular formula is C32H46N4O6. The fourth-order valence-corrected chi connectivity index (χ4v) is 4.27. The van der Waals surface area contributed by atoms with Gasteiger partial charge in [-0.3, -0.25) is 9.59 Å².